The molecule has 1 saturated heterocycles. The summed E-state index contributed by atoms with van der Waals surface area (Å²) in [5.74, 6) is -0.189. The topological polar surface area (TPSA) is 65.2 Å². The van der Waals surface area contributed by atoms with Crippen molar-refractivity contribution in [2.75, 3.05) is 13.1 Å². The summed E-state index contributed by atoms with van der Waals surface area (Å²) in [7, 11) is 0. The predicted molar refractivity (Wildman–Crippen MR) is 111 cm³/mol. The summed E-state index contributed by atoms with van der Waals surface area (Å²) >= 11 is 0. The highest BCUT2D eigenvalue weighted by atomic mass is 19.1. The van der Waals surface area contributed by atoms with E-state index in [-0.39, 0.29) is 17.6 Å². The summed E-state index contributed by atoms with van der Waals surface area (Å²) in [6.07, 6.45) is 1.78. The molecule has 5 nitrogen and oxygen atoms in total. The predicted octanol–water partition coefficient (Wildman–Crippen LogP) is 3.91. The lowest BCUT2D eigenvalue weighted by atomic mass is 10.0. The zero-order chi connectivity index (χ0) is 20.4. The van der Waals surface area contributed by atoms with Crippen LogP contribution in [0.2, 0.25) is 0 Å². The number of aryl methyl sites for hydroxylation is 1. The van der Waals surface area contributed by atoms with E-state index in [1.807, 2.05) is 31.2 Å². The number of carbonyl (C=O) groups excluding carboxylic acids is 2. The number of benzene rings is 2. The third kappa shape index (κ3) is 4.01. The van der Waals surface area contributed by atoms with E-state index >= 15 is 0 Å². The fourth-order valence-corrected chi connectivity index (χ4v) is 3.88. The number of hydrogen-bond donors (Lipinski definition) is 2. The molecule has 2 aromatic carbocycles. The summed E-state index contributed by atoms with van der Waals surface area (Å²) < 4.78 is 14.2. The number of carbonyl (C=O) groups is 2. The second kappa shape index (κ2) is 8.07. The Morgan fingerprint density at radius 2 is 2.07 bits per heavy atom. The van der Waals surface area contributed by atoms with Crippen LogP contribution in [0.25, 0.3) is 22.2 Å². The van der Waals surface area contributed by atoms with E-state index in [1.54, 1.807) is 17.0 Å². The molecule has 4 rings (SSSR count). The van der Waals surface area contributed by atoms with Crippen molar-refractivity contribution in [1.82, 2.24) is 15.2 Å². The minimum atomic E-state index is -0.258. The van der Waals surface area contributed by atoms with Crippen LogP contribution in [0.5, 0.6) is 0 Å². The first-order valence-electron chi connectivity index (χ1n) is 9.93. The number of halogens is 1. The summed E-state index contributed by atoms with van der Waals surface area (Å²) in [5.41, 5.74) is 4.21. The van der Waals surface area contributed by atoms with Gasteiger partial charge >= 0.3 is 0 Å². The molecule has 1 aromatic heterocycles. The molecule has 3 aromatic rings. The Labute approximate surface area is 168 Å². The minimum absolute atomic E-state index is 0.0670. The summed E-state index contributed by atoms with van der Waals surface area (Å²) in [6, 6.07) is 12.6. The Hall–Kier alpha value is -3.15. The van der Waals surface area contributed by atoms with Gasteiger partial charge in [0.05, 0.1) is 5.69 Å². The van der Waals surface area contributed by atoms with Gasteiger partial charge in [-0.3, -0.25) is 9.59 Å². The van der Waals surface area contributed by atoms with Gasteiger partial charge in [0, 0.05) is 48.9 Å². The van der Waals surface area contributed by atoms with Gasteiger partial charge < -0.3 is 15.2 Å². The number of H-pyrrole nitrogens is 1. The number of hydrogen-bond acceptors (Lipinski definition) is 2. The standard InChI is InChI=1S/C23H24FN3O2/c1-15-18-13-16(14-25-21(28)10-12-27-11-4-7-22(27)29)8-9-20(18)26-23(15)17-5-2-3-6-19(17)24/h2-3,5-6,8-9,13,26H,4,7,10-12,14H2,1H3,(H,25,28). The number of amides is 2. The minimum Gasteiger partial charge on any atom is -0.354 e. The average Bonchev–Trinajstić information content (AvgIpc) is 3.28. The molecule has 0 saturated carbocycles. The van der Waals surface area contributed by atoms with Crippen molar-refractivity contribution in [3.63, 3.8) is 0 Å². The number of nitrogens with one attached hydrogen (secondary N) is 2. The molecule has 1 fully saturated rings. The highest BCUT2D eigenvalue weighted by Gasteiger charge is 2.20. The zero-order valence-electron chi connectivity index (χ0n) is 16.4. The largest absolute Gasteiger partial charge is 0.354 e. The fourth-order valence-electron chi connectivity index (χ4n) is 3.88. The smallest absolute Gasteiger partial charge is 0.222 e. The van der Waals surface area contributed by atoms with Gasteiger partial charge in [-0.25, -0.2) is 4.39 Å². The van der Waals surface area contributed by atoms with Gasteiger partial charge in [-0.1, -0.05) is 18.2 Å². The number of nitrogens with zero attached hydrogens (tertiary/aromatic N) is 1. The third-order valence-electron chi connectivity index (χ3n) is 5.54. The number of likely N-dealkylation sites (tertiary alicyclic amines) is 1. The van der Waals surface area contributed by atoms with Gasteiger partial charge in [-0.2, -0.15) is 0 Å². The van der Waals surface area contributed by atoms with Crippen LogP contribution in [0.4, 0.5) is 4.39 Å². The first kappa shape index (κ1) is 19.2. The summed E-state index contributed by atoms with van der Waals surface area (Å²) in [5, 5.41) is 3.93. The van der Waals surface area contributed by atoms with Crippen LogP contribution in [0.3, 0.4) is 0 Å². The lowest BCUT2D eigenvalue weighted by Gasteiger charge is -2.14. The highest BCUT2D eigenvalue weighted by Crippen LogP contribution is 2.31. The maximum Gasteiger partial charge on any atom is 0.222 e. The Bertz CT molecular complexity index is 1070. The van der Waals surface area contributed by atoms with Crippen molar-refractivity contribution in [1.29, 1.82) is 0 Å². The molecular formula is C23H24FN3O2. The Morgan fingerprint density at radius 3 is 2.83 bits per heavy atom. The first-order chi connectivity index (χ1) is 14.0. The zero-order valence-corrected chi connectivity index (χ0v) is 16.4. The molecule has 0 bridgehead atoms. The van der Waals surface area contributed by atoms with E-state index in [0.29, 0.717) is 31.5 Å². The van der Waals surface area contributed by atoms with E-state index in [2.05, 4.69) is 10.3 Å². The summed E-state index contributed by atoms with van der Waals surface area (Å²) in [6.45, 7) is 3.62. The van der Waals surface area contributed by atoms with Gasteiger partial charge in [0.15, 0.2) is 0 Å². The molecule has 0 aliphatic carbocycles. The molecule has 29 heavy (non-hydrogen) atoms. The SMILES string of the molecule is Cc1c(-c2ccccc2F)[nH]c2ccc(CNC(=O)CCN3CCCC3=O)cc12. The van der Waals surface area contributed by atoms with Crippen molar-refractivity contribution in [3.8, 4) is 11.3 Å². The monoisotopic (exact) mass is 393 g/mol. The molecule has 2 heterocycles. The first-order valence-corrected chi connectivity index (χ1v) is 9.93. The average molecular weight is 393 g/mol. The Kier molecular flexibility index (Phi) is 5.34. The van der Waals surface area contributed by atoms with Crippen molar-refractivity contribution in [2.45, 2.75) is 32.7 Å². The molecule has 2 N–H and O–H groups in total. The van der Waals surface area contributed by atoms with E-state index in [9.17, 15) is 14.0 Å². The number of aromatic amines is 1. The molecule has 0 atom stereocenters. The number of aromatic nitrogens is 1. The van der Waals surface area contributed by atoms with Gasteiger partial charge in [-0.05, 0) is 48.7 Å². The van der Waals surface area contributed by atoms with Crippen molar-refractivity contribution in [3.05, 3.63) is 59.4 Å². The van der Waals surface area contributed by atoms with Crippen molar-refractivity contribution in [2.24, 2.45) is 0 Å². The van der Waals surface area contributed by atoms with Crippen molar-refractivity contribution < 1.29 is 14.0 Å². The second-order valence-corrected chi connectivity index (χ2v) is 7.50. The third-order valence-corrected chi connectivity index (χ3v) is 5.54. The lowest BCUT2D eigenvalue weighted by Crippen LogP contribution is -2.31. The molecular weight excluding hydrogens is 369 g/mol. The highest BCUT2D eigenvalue weighted by molar-refractivity contribution is 5.91. The molecule has 1 aliphatic heterocycles. The fraction of sp³-hybridized carbons (Fsp3) is 0.304. The van der Waals surface area contributed by atoms with E-state index in [4.69, 9.17) is 0 Å². The van der Waals surface area contributed by atoms with E-state index < -0.39 is 0 Å². The number of rotatable bonds is 6. The van der Waals surface area contributed by atoms with Crippen molar-refractivity contribution >= 4 is 22.7 Å². The van der Waals surface area contributed by atoms with Crippen LogP contribution in [-0.2, 0) is 16.1 Å². The lowest BCUT2D eigenvalue weighted by molar-refractivity contribution is -0.128. The maximum absolute atomic E-state index is 14.2. The quantitative estimate of drug-likeness (QED) is 0.667. The van der Waals surface area contributed by atoms with Crippen LogP contribution in [0, 0.1) is 12.7 Å². The molecule has 2 amide bonds. The number of fused-ring (bicyclic) bond motifs is 1. The Morgan fingerprint density at radius 1 is 1.24 bits per heavy atom. The van der Waals surface area contributed by atoms with Gasteiger partial charge in [0.1, 0.15) is 5.82 Å². The molecule has 150 valence electrons. The van der Waals surface area contributed by atoms with Gasteiger partial charge in [-0.15, -0.1) is 0 Å². The van der Waals surface area contributed by atoms with Crippen LogP contribution >= 0.6 is 0 Å². The molecule has 0 unspecified atom stereocenters. The van der Waals surface area contributed by atoms with E-state index in [1.165, 1.54) is 6.07 Å². The van der Waals surface area contributed by atoms with Crippen LogP contribution < -0.4 is 5.32 Å². The molecule has 0 spiro atoms. The maximum atomic E-state index is 14.2. The normalized spacial score (nSPS) is 14.0. The van der Waals surface area contributed by atoms with E-state index in [0.717, 1.165) is 40.7 Å². The molecule has 0 radical (unpaired) electrons. The van der Waals surface area contributed by atoms with Crippen LogP contribution in [0.15, 0.2) is 42.5 Å². The van der Waals surface area contributed by atoms with Crippen LogP contribution in [-0.4, -0.2) is 34.8 Å². The Balaban J connectivity index is 1.44. The van der Waals surface area contributed by atoms with Gasteiger partial charge in [0.25, 0.3) is 0 Å². The second-order valence-electron chi connectivity index (χ2n) is 7.50. The summed E-state index contributed by atoms with van der Waals surface area (Å²) in [4.78, 5) is 28.8. The van der Waals surface area contributed by atoms with Gasteiger partial charge in [0.2, 0.25) is 11.8 Å². The molecule has 6 heteroatoms. The molecule has 1 aliphatic rings. The van der Waals surface area contributed by atoms with Crippen LogP contribution in [0.1, 0.15) is 30.4 Å².